The first-order valence-corrected chi connectivity index (χ1v) is 23.0. The van der Waals surface area contributed by atoms with Gasteiger partial charge in [-0.2, -0.15) is 17.4 Å². The monoisotopic (exact) mass is 835 g/mol. The van der Waals surface area contributed by atoms with Gasteiger partial charge in [0.2, 0.25) is 21.8 Å². The van der Waals surface area contributed by atoms with Crippen LogP contribution in [0.15, 0.2) is 60.9 Å². The predicted octanol–water partition coefficient (Wildman–Crippen LogP) is 5.23. The Morgan fingerprint density at radius 2 is 1.03 bits per heavy atom. The summed E-state index contributed by atoms with van der Waals surface area (Å²) in [4.78, 5) is 47.1. The van der Waals surface area contributed by atoms with E-state index in [1.165, 1.54) is 14.1 Å². The Labute approximate surface area is 342 Å². The van der Waals surface area contributed by atoms with Crippen molar-refractivity contribution in [2.45, 2.75) is 96.6 Å². The van der Waals surface area contributed by atoms with E-state index in [9.17, 15) is 26.4 Å². The lowest BCUT2D eigenvalue weighted by atomic mass is 10.0. The quantitative estimate of drug-likeness (QED) is 0.125. The van der Waals surface area contributed by atoms with Crippen LogP contribution in [0.1, 0.15) is 91.0 Å². The number of benzene rings is 2. The molecule has 2 aliphatic heterocycles. The molecule has 15 nitrogen and oxygen atoms in total. The molecule has 58 heavy (non-hydrogen) atoms. The third-order valence-electron chi connectivity index (χ3n) is 11.2. The van der Waals surface area contributed by atoms with E-state index in [1.54, 1.807) is 36.0 Å². The zero-order valence-corrected chi connectivity index (χ0v) is 36.2. The molecule has 4 heterocycles. The van der Waals surface area contributed by atoms with Gasteiger partial charge in [0.15, 0.2) is 0 Å². The molecule has 2 aromatic carbocycles. The Hall–Kier alpha value is -4.42. The number of carbonyl (C=O) groups excluding carboxylic acids is 2. The number of aromatic amines is 2. The Bertz CT molecular complexity index is 2120. The van der Waals surface area contributed by atoms with Crippen molar-refractivity contribution in [2.24, 2.45) is 11.8 Å². The lowest BCUT2D eigenvalue weighted by molar-refractivity contribution is -0.135. The number of likely N-dealkylation sites (tertiary alicyclic amines) is 2. The summed E-state index contributed by atoms with van der Waals surface area (Å²) < 4.78 is 56.8. The molecule has 2 amide bonds. The van der Waals surface area contributed by atoms with Crippen molar-refractivity contribution >= 4 is 32.0 Å². The van der Waals surface area contributed by atoms with Crippen molar-refractivity contribution in [1.29, 1.82) is 0 Å². The van der Waals surface area contributed by atoms with Gasteiger partial charge in [-0.1, -0.05) is 76.2 Å². The van der Waals surface area contributed by atoms with Gasteiger partial charge < -0.3 is 19.8 Å². The molecule has 4 unspecified atom stereocenters. The molecule has 0 bridgehead atoms. The zero-order valence-electron chi connectivity index (χ0n) is 34.6. The third-order valence-corrected chi connectivity index (χ3v) is 14.5. The van der Waals surface area contributed by atoms with Crippen molar-refractivity contribution in [3.63, 3.8) is 0 Å². The van der Waals surface area contributed by atoms with E-state index in [1.807, 2.05) is 76.2 Å². The maximum Gasteiger partial charge on any atom is 0.279 e. The smallest absolute Gasteiger partial charge is 0.279 e. The van der Waals surface area contributed by atoms with Crippen molar-refractivity contribution in [2.75, 3.05) is 27.2 Å². The van der Waals surface area contributed by atoms with E-state index < -0.39 is 37.6 Å². The second-order valence-corrected chi connectivity index (χ2v) is 20.6. The number of rotatable bonds is 15. The molecule has 314 valence electrons. The second-order valence-electron chi connectivity index (χ2n) is 16.5. The van der Waals surface area contributed by atoms with E-state index in [2.05, 4.69) is 29.4 Å². The van der Waals surface area contributed by atoms with E-state index in [0.717, 1.165) is 63.6 Å². The highest BCUT2D eigenvalue weighted by molar-refractivity contribution is 7.90. The second kappa shape index (κ2) is 17.4. The first-order chi connectivity index (χ1) is 27.4. The van der Waals surface area contributed by atoms with Crippen LogP contribution in [0.5, 0.6) is 0 Å². The van der Waals surface area contributed by atoms with E-state index in [4.69, 9.17) is 0 Å². The highest BCUT2D eigenvalue weighted by Gasteiger charge is 2.40. The number of amides is 2. The minimum absolute atomic E-state index is 0.222. The molecular weight excluding hydrogens is 779 g/mol. The molecule has 0 aliphatic carbocycles. The first-order valence-electron chi connectivity index (χ1n) is 20.0. The highest BCUT2D eigenvalue weighted by Crippen LogP contribution is 2.35. The normalized spacial score (nSPS) is 18.9. The lowest BCUT2D eigenvalue weighted by Crippen LogP contribution is -2.53. The summed E-state index contributed by atoms with van der Waals surface area (Å²) in [5, 5.41) is -0.645. The largest absolute Gasteiger partial charge is 0.340 e. The standard InChI is InChI=1S/C41H57N9O6S2/c1-25(2)36(46-57(53,54)27(5)6)40(51)49-21-9-11-34(49)38-42-23-32(44-38)30-17-13-28(14-18-30)29-15-19-31(20-16-29)33-24-43-39(45-33)35-12-10-22-50(35)41(52)37(26(3)4)47-58(55,56)48(7)8/h13-20,23-27,34-37,46-47H,9-12,21-22H2,1-8H3,(H,42,44)(H,43,45). The summed E-state index contributed by atoms with van der Waals surface area (Å²) in [6, 6.07) is 14.0. The number of hydrogen-bond acceptors (Lipinski definition) is 8. The predicted molar refractivity (Wildman–Crippen MR) is 225 cm³/mol. The van der Waals surface area contributed by atoms with E-state index in [0.29, 0.717) is 24.7 Å². The zero-order chi connectivity index (χ0) is 42.1. The Balaban J connectivity index is 1.11. The molecule has 4 N–H and O–H groups in total. The van der Waals surface area contributed by atoms with Gasteiger partial charge in [0.1, 0.15) is 23.7 Å². The number of aromatic nitrogens is 4. The van der Waals surface area contributed by atoms with Gasteiger partial charge in [-0.05, 0) is 73.6 Å². The fourth-order valence-electron chi connectivity index (χ4n) is 7.50. The number of carbonyl (C=O) groups is 2. The molecule has 17 heteroatoms. The number of nitrogens with zero attached hydrogens (tertiary/aromatic N) is 5. The van der Waals surface area contributed by atoms with Crippen LogP contribution in [-0.2, 0) is 29.8 Å². The highest BCUT2D eigenvalue weighted by atomic mass is 32.2. The van der Waals surface area contributed by atoms with Crippen LogP contribution in [0.25, 0.3) is 33.6 Å². The first kappa shape index (κ1) is 43.2. The average molecular weight is 836 g/mol. The van der Waals surface area contributed by atoms with Crippen molar-refractivity contribution in [3.05, 3.63) is 72.6 Å². The van der Waals surface area contributed by atoms with E-state index >= 15 is 0 Å². The molecule has 0 spiro atoms. The van der Waals surface area contributed by atoms with Gasteiger partial charge in [0.25, 0.3) is 10.2 Å². The average Bonchev–Trinajstić information content (AvgIpc) is 4.02. The molecule has 4 atom stereocenters. The summed E-state index contributed by atoms with van der Waals surface area (Å²) in [6.07, 6.45) is 6.59. The molecule has 0 saturated carbocycles. The van der Waals surface area contributed by atoms with Crippen LogP contribution in [0, 0.1) is 11.8 Å². The Kier molecular flexibility index (Phi) is 13.0. The molecular formula is C41H57N9O6S2. The van der Waals surface area contributed by atoms with Crippen LogP contribution in [0.2, 0.25) is 0 Å². The maximum absolute atomic E-state index is 13.7. The van der Waals surface area contributed by atoms with Crippen LogP contribution < -0.4 is 9.44 Å². The van der Waals surface area contributed by atoms with E-state index in [-0.39, 0.29) is 35.7 Å². The topological polar surface area (TPSA) is 194 Å². The number of nitrogens with one attached hydrogen (secondary N) is 4. The number of sulfonamides is 1. The van der Waals surface area contributed by atoms with Gasteiger partial charge in [-0.3, -0.25) is 9.59 Å². The summed E-state index contributed by atoms with van der Waals surface area (Å²) in [6.45, 7) is 11.6. The molecule has 4 aromatic rings. The fourth-order valence-corrected chi connectivity index (χ4v) is 9.40. The minimum atomic E-state index is -3.80. The van der Waals surface area contributed by atoms with Gasteiger partial charge in [0.05, 0.1) is 41.1 Å². The summed E-state index contributed by atoms with van der Waals surface area (Å²) >= 11 is 0. The SMILES string of the molecule is CC(C)C(NS(=O)(=O)C(C)C)C(=O)N1CCCC1c1ncc(-c2ccc(-c3ccc(-c4cnc(C5CCCN5C(=O)C(NS(=O)(=O)N(C)C)C(C)C)[nH]4)cc3)cc2)[nH]1. The minimum Gasteiger partial charge on any atom is -0.340 e. The number of H-pyrrole nitrogens is 2. The maximum atomic E-state index is 13.7. The van der Waals surface area contributed by atoms with Gasteiger partial charge >= 0.3 is 0 Å². The molecule has 0 radical (unpaired) electrons. The number of hydrogen-bond donors (Lipinski definition) is 4. The summed E-state index contributed by atoms with van der Waals surface area (Å²) in [7, 11) is -4.58. The molecule has 6 rings (SSSR count). The number of imidazole rings is 2. The van der Waals surface area contributed by atoms with Gasteiger partial charge in [0, 0.05) is 27.2 Å². The van der Waals surface area contributed by atoms with Crippen LogP contribution >= 0.6 is 0 Å². The van der Waals surface area contributed by atoms with Crippen LogP contribution in [0.3, 0.4) is 0 Å². The van der Waals surface area contributed by atoms with Gasteiger partial charge in [-0.15, -0.1) is 0 Å². The fraction of sp³-hybridized carbons (Fsp3) is 0.512. The molecule has 2 fully saturated rings. The summed E-state index contributed by atoms with van der Waals surface area (Å²) in [5.74, 6) is 0.379. The molecule has 2 saturated heterocycles. The van der Waals surface area contributed by atoms with Crippen LogP contribution in [-0.4, -0.2) is 107 Å². The molecule has 2 aromatic heterocycles. The van der Waals surface area contributed by atoms with Crippen molar-refractivity contribution in [3.8, 4) is 33.6 Å². The molecule has 2 aliphatic rings. The van der Waals surface area contributed by atoms with Crippen molar-refractivity contribution < 1.29 is 26.4 Å². The third kappa shape index (κ3) is 9.23. The Morgan fingerprint density at radius 3 is 1.40 bits per heavy atom. The summed E-state index contributed by atoms with van der Waals surface area (Å²) in [5.41, 5.74) is 5.58. The van der Waals surface area contributed by atoms with Crippen molar-refractivity contribution in [1.82, 2.24) is 43.5 Å². The van der Waals surface area contributed by atoms with Gasteiger partial charge in [-0.25, -0.2) is 23.1 Å². The lowest BCUT2D eigenvalue weighted by Gasteiger charge is -2.30. The van der Waals surface area contributed by atoms with Crippen LogP contribution in [0.4, 0.5) is 0 Å². The Morgan fingerprint density at radius 1 is 0.655 bits per heavy atom.